The van der Waals surface area contributed by atoms with Gasteiger partial charge in [0.1, 0.15) is 0 Å². The summed E-state index contributed by atoms with van der Waals surface area (Å²) in [6.07, 6.45) is 2.28. The maximum absolute atomic E-state index is 5.99. The first-order valence-corrected chi connectivity index (χ1v) is 5.37. The maximum atomic E-state index is 5.99. The number of hydrogen-bond acceptors (Lipinski definition) is 0. The summed E-state index contributed by atoms with van der Waals surface area (Å²) >= 11 is 5.99. The molecule has 1 aromatic carbocycles. The normalized spacial score (nSPS) is 11.1. The number of hydrogen-bond donors (Lipinski definition) is 1. The summed E-state index contributed by atoms with van der Waals surface area (Å²) in [5.74, 6) is 0. The molecule has 0 aliphatic heterocycles. The van der Waals surface area contributed by atoms with Gasteiger partial charge >= 0.3 is 0 Å². The second-order valence-corrected chi connectivity index (χ2v) is 4.10. The summed E-state index contributed by atoms with van der Waals surface area (Å²) in [4.78, 5) is 3.38. The molecule has 0 unspecified atom stereocenters. The van der Waals surface area contributed by atoms with Crippen molar-refractivity contribution in [1.29, 1.82) is 0 Å². The van der Waals surface area contributed by atoms with E-state index in [-0.39, 0.29) is 0 Å². The Kier molecular flexibility index (Phi) is 2.51. The summed E-state index contributed by atoms with van der Waals surface area (Å²) in [5, 5.41) is 2.09. The van der Waals surface area contributed by atoms with Crippen LogP contribution < -0.4 is 0 Å². The lowest BCUT2D eigenvalue weighted by Crippen LogP contribution is -1.83. The third kappa shape index (κ3) is 1.53. The van der Waals surface area contributed by atoms with E-state index < -0.39 is 0 Å². The standard InChI is InChI=1S/C12H14ClN/c1-3-4-10-8(2)14-12-6-5-9(13)7-11(10)12/h5-7,14H,3-4H2,1-2H3. The van der Waals surface area contributed by atoms with E-state index in [1.807, 2.05) is 18.2 Å². The van der Waals surface area contributed by atoms with Gasteiger partial charge in [-0.25, -0.2) is 0 Å². The molecule has 0 fully saturated rings. The number of aromatic amines is 1. The highest BCUT2D eigenvalue weighted by molar-refractivity contribution is 6.31. The van der Waals surface area contributed by atoms with Gasteiger partial charge in [0.15, 0.2) is 0 Å². The van der Waals surface area contributed by atoms with Crippen LogP contribution in [-0.4, -0.2) is 4.98 Å². The molecule has 1 aromatic heterocycles. The van der Waals surface area contributed by atoms with Crippen LogP contribution in [0.3, 0.4) is 0 Å². The van der Waals surface area contributed by atoms with Gasteiger partial charge in [0.05, 0.1) is 0 Å². The van der Waals surface area contributed by atoms with Crippen molar-refractivity contribution in [2.45, 2.75) is 26.7 Å². The minimum absolute atomic E-state index is 0.814. The van der Waals surface area contributed by atoms with E-state index >= 15 is 0 Å². The lowest BCUT2D eigenvalue weighted by Gasteiger charge is -1.98. The Morgan fingerprint density at radius 1 is 1.36 bits per heavy atom. The highest BCUT2D eigenvalue weighted by Crippen LogP contribution is 2.26. The number of fused-ring (bicyclic) bond motifs is 1. The SMILES string of the molecule is CCCc1c(C)[nH]c2ccc(Cl)cc12. The van der Waals surface area contributed by atoms with Crippen LogP contribution in [0.4, 0.5) is 0 Å². The molecular formula is C12H14ClN. The fraction of sp³-hybridized carbons (Fsp3) is 0.333. The third-order valence-electron chi connectivity index (χ3n) is 2.58. The second kappa shape index (κ2) is 3.66. The van der Waals surface area contributed by atoms with Gasteiger partial charge in [-0.1, -0.05) is 24.9 Å². The molecule has 0 bridgehead atoms. The van der Waals surface area contributed by atoms with Gasteiger partial charge < -0.3 is 4.98 Å². The Hall–Kier alpha value is -0.950. The number of benzene rings is 1. The summed E-state index contributed by atoms with van der Waals surface area (Å²) in [7, 11) is 0. The van der Waals surface area contributed by atoms with Gasteiger partial charge in [-0.15, -0.1) is 0 Å². The van der Waals surface area contributed by atoms with E-state index in [9.17, 15) is 0 Å². The van der Waals surface area contributed by atoms with Crippen LogP contribution in [0.15, 0.2) is 18.2 Å². The maximum Gasteiger partial charge on any atom is 0.0459 e. The first-order chi connectivity index (χ1) is 6.72. The third-order valence-corrected chi connectivity index (χ3v) is 2.82. The van der Waals surface area contributed by atoms with Crippen LogP contribution in [-0.2, 0) is 6.42 Å². The van der Waals surface area contributed by atoms with Crippen molar-refractivity contribution in [2.24, 2.45) is 0 Å². The summed E-state index contributed by atoms with van der Waals surface area (Å²) in [6, 6.07) is 6.02. The van der Waals surface area contributed by atoms with Gasteiger partial charge in [-0.2, -0.15) is 0 Å². The Balaban J connectivity index is 2.66. The largest absolute Gasteiger partial charge is 0.358 e. The molecule has 2 heteroatoms. The molecule has 0 spiro atoms. The predicted molar refractivity (Wildman–Crippen MR) is 62.0 cm³/mol. The highest BCUT2D eigenvalue weighted by atomic mass is 35.5. The second-order valence-electron chi connectivity index (χ2n) is 3.67. The minimum Gasteiger partial charge on any atom is -0.358 e. The van der Waals surface area contributed by atoms with Crippen molar-refractivity contribution in [3.05, 3.63) is 34.5 Å². The Labute approximate surface area is 89.1 Å². The number of H-pyrrole nitrogens is 1. The van der Waals surface area contributed by atoms with E-state index in [4.69, 9.17) is 11.6 Å². The van der Waals surface area contributed by atoms with Crippen molar-refractivity contribution >= 4 is 22.5 Å². The van der Waals surface area contributed by atoms with E-state index in [1.54, 1.807) is 0 Å². The van der Waals surface area contributed by atoms with Gasteiger partial charge in [0.25, 0.3) is 0 Å². The molecule has 1 heterocycles. The van der Waals surface area contributed by atoms with Crippen molar-refractivity contribution in [3.8, 4) is 0 Å². The molecule has 2 rings (SSSR count). The predicted octanol–water partition coefficient (Wildman–Crippen LogP) is 4.08. The number of nitrogens with one attached hydrogen (secondary N) is 1. The fourth-order valence-electron chi connectivity index (χ4n) is 1.93. The molecule has 2 aromatic rings. The topological polar surface area (TPSA) is 15.8 Å². The minimum atomic E-state index is 0.814. The van der Waals surface area contributed by atoms with Crippen molar-refractivity contribution in [1.82, 2.24) is 4.98 Å². The molecule has 0 radical (unpaired) electrons. The van der Waals surface area contributed by atoms with Gasteiger partial charge in [0.2, 0.25) is 0 Å². The molecule has 0 aliphatic carbocycles. The highest BCUT2D eigenvalue weighted by Gasteiger charge is 2.07. The monoisotopic (exact) mass is 207 g/mol. The van der Waals surface area contributed by atoms with Gasteiger partial charge in [0, 0.05) is 21.6 Å². The van der Waals surface area contributed by atoms with Crippen molar-refractivity contribution in [3.63, 3.8) is 0 Å². The zero-order valence-corrected chi connectivity index (χ0v) is 9.28. The molecular weight excluding hydrogens is 194 g/mol. The molecule has 0 amide bonds. The summed E-state index contributed by atoms with van der Waals surface area (Å²) in [6.45, 7) is 4.32. The van der Waals surface area contributed by atoms with E-state index in [0.29, 0.717) is 0 Å². The van der Waals surface area contributed by atoms with Gasteiger partial charge in [-0.3, -0.25) is 0 Å². The zero-order valence-electron chi connectivity index (χ0n) is 8.52. The zero-order chi connectivity index (χ0) is 10.1. The quantitative estimate of drug-likeness (QED) is 0.764. The smallest absolute Gasteiger partial charge is 0.0459 e. The Morgan fingerprint density at radius 3 is 2.86 bits per heavy atom. The van der Waals surface area contributed by atoms with E-state index in [0.717, 1.165) is 11.4 Å². The van der Waals surface area contributed by atoms with Crippen LogP contribution in [0.5, 0.6) is 0 Å². The number of aryl methyl sites for hydroxylation is 2. The fourth-order valence-corrected chi connectivity index (χ4v) is 2.10. The number of aromatic nitrogens is 1. The number of halogens is 1. The molecule has 0 atom stereocenters. The molecule has 1 nitrogen and oxygen atoms in total. The van der Waals surface area contributed by atoms with E-state index in [2.05, 4.69) is 18.8 Å². The van der Waals surface area contributed by atoms with E-state index in [1.165, 1.54) is 28.6 Å². The number of rotatable bonds is 2. The average molecular weight is 208 g/mol. The van der Waals surface area contributed by atoms with Crippen LogP contribution in [0.25, 0.3) is 10.9 Å². The lowest BCUT2D eigenvalue weighted by molar-refractivity contribution is 0.918. The molecule has 0 aliphatic rings. The first-order valence-electron chi connectivity index (χ1n) is 4.99. The van der Waals surface area contributed by atoms with Crippen LogP contribution in [0.1, 0.15) is 24.6 Å². The summed E-state index contributed by atoms with van der Waals surface area (Å²) < 4.78 is 0. The molecule has 0 saturated heterocycles. The van der Waals surface area contributed by atoms with Gasteiger partial charge in [-0.05, 0) is 37.1 Å². The molecule has 14 heavy (non-hydrogen) atoms. The molecule has 1 N–H and O–H groups in total. The average Bonchev–Trinajstić information content (AvgIpc) is 2.45. The molecule has 74 valence electrons. The molecule has 0 saturated carbocycles. The summed E-state index contributed by atoms with van der Waals surface area (Å²) in [5.41, 5.74) is 3.87. The van der Waals surface area contributed by atoms with Crippen LogP contribution in [0, 0.1) is 6.92 Å². The van der Waals surface area contributed by atoms with Crippen molar-refractivity contribution < 1.29 is 0 Å². The lowest BCUT2D eigenvalue weighted by atomic mass is 10.1. The Morgan fingerprint density at radius 2 is 2.14 bits per heavy atom. The van der Waals surface area contributed by atoms with Crippen LogP contribution in [0.2, 0.25) is 5.02 Å². The van der Waals surface area contributed by atoms with Crippen LogP contribution >= 0.6 is 11.6 Å². The Bertz CT molecular complexity index is 457. The first kappa shape index (κ1) is 9.60. The van der Waals surface area contributed by atoms with Crippen molar-refractivity contribution in [2.75, 3.05) is 0 Å².